The van der Waals surface area contributed by atoms with Crippen LogP contribution in [-0.2, 0) is 19.0 Å². The van der Waals surface area contributed by atoms with E-state index in [1.165, 1.54) is 6.42 Å². The summed E-state index contributed by atoms with van der Waals surface area (Å²) < 4.78 is 17.9. The van der Waals surface area contributed by atoms with Crippen molar-refractivity contribution >= 4 is 5.78 Å². The number of Topliss-reactive ketones (excluding diaryl/α,β-unsaturated/α-hetero) is 1. The highest BCUT2D eigenvalue weighted by Crippen LogP contribution is 2.48. The summed E-state index contributed by atoms with van der Waals surface area (Å²) in [5.74, 6) is 0.789. The maximum atomic E-state index is 12.1. The molecule has 0 bridgehead atoms. The molecule has 0 saturated heterocycles. The second kappa shape index (κ2) is 4.76. The van der Waals surface area contributed by atoms with Crippen LogP contribution >= 0.6 is 0 Å². The summed E-state index contributed by atoms with van der Waals surface area (Å²) in [4.78, 5) is 12.1. The molecule has 1 heterocycles. The zero-order valence-electron chi connectivity index (χ0n) is 12.7. The molecular formula is C16H24O4. The van der Waals surface area contributed by atoms with Gasteiger partial charge in [-0.3, -0.25) is 4.79 Å². The van der Waals surface area contributed by atoms with Crippen molar-refractivity contribution in [3.8, 4) is 0 Å². The molecule has 0 aromatic heterocycles. The summed E-state index contributed by atoms with van der Waals surface area (Å²) >= 11 is 0. The normalized spacial score (nSPS) is 28.6. The SMILES string of the molecule is CC(C)(C)OCC1CC(=O)C2=C1OC1(CCCCC1)O2. The highest BCUT2D eigenvalue weighted by Gasteiger charge is 2.51. The van der Waals surface area contributed by atoms with Crippen LogP contribution in [0.1, 0.15) is 59.3 Å². The second-order valence-electron chi connectivity index (χ2n) is 7.12. The van der Waals surface area contributed by atoms with Crippen LogP contribution in [-0.4, -0.2) is 23.8 Å². The molecule has 2 aliphatic carbocycles. The Kier molecular flexibility index (Phi) is 3.32. The van der Waals surface area contributed by atoms with E-state index in [-0.39, 0.29) is 17.3 Å². The Labute approximate surface area is 120 Å². The molecule has 3 rings (SSSR count). The van der Waals surface area contributed by atoms with Gasteiger partial charge >= 0.3 is 0 Å². The smallest absolute Gasteiger partial charge is 0.251 e. The van der Waals surface area contributed by atoms with E-state index in [1.807, 2.05) is 20.8 Å². The van der Waals surface area contributed by atoms with Gasteiger partial charge in [-0.25, -0.2) is 0 Å². The van der Waals surface area contributed by atoms with E-state index < -0.39 is 5.79 Å². The Balaban J connectivity index is 1.69. The van der Waals surface area contributed by atoms with Gasteiger partial charge in [0.1, 0.15) is 0 Å². The molecular weight excluding hydrogens is 256 g/mol. The topological polar surface area (TPSA) is 44.8 Å². The lowest BCUT2D eigenvalue weighted by atomic mass is 9.94. The van der Waals surface area contributed by atoms with Gasteiger partial charge in [-0.05, 0) is 33.6 Å². The van der Waals surface area contributed by atoms with Crippen LogP contribution in [0.4, 0.5) is 0 Å². The number of allylic oxidation sites excluding steroid dienone is 1. The van der Waals surface area contributed by atoms with E-state index in [0.717, 1.165) is 31.4 Å². The third-order valence-corrected chi connectivity index (χ3v) is 4.20. The van der Waals surface area contributed by atoms with Gasteiger partial charge in [0, 0.05) is 19.3 Å². The fourth-order valence-corrected chi connectivity index (χ4v) is 3.16. The third kappa shape index (κ3) is 2.58. The van der Waals surface area contributed by atoms with Crippen LogP contribution < -0.4 is 0 Å². The Hall–Kier alpha value is -1.03. The van der Waals surface area contributed by atoms with Crippen LogP contribution in [0.15, 0.2) is 11.5 Å². The Morgan fingerprint density at radius 1 is 1.20 bits per heavy atom. The van der Waals surface area contributed by atoms with E-state index in [1.54, 1.807) is 0 Å². The molecule has 4 nitrogen and oxygen atoms in total. The summed E-state index contributed by atoms with van der Waals surface area (Å²) in [6, 6.07) is 0. The average molecular weight is 280 g/mol. The van der Waals surface area contributed by atoms with Crippen molar-refractivity contribution in [1.82, 2.24) is 0 Å². The minimum atomic E-state index is -0.543. The van der Waals surface area contributed by atoms with Gasteiger partial charge in [0.25, 0.3) is 5.79 Å². The van der Waals surface area contributed by atoms with Gasteiger partial charge in [-0.2, -0.15) is 0 Å². The first-order valence-electron chi connectivity index (χ1n) is 7.68. The number of rotatable bonds is 2. The molecule has 0 amide bonds. The van der Waals surface area contributed by atoms with Crippen LogP contribution in [0.2, 0.25) is 0 Å². The minimum absolute atomic E-state index is 0.0260. The van der Waals surface area contributed by atoms with Crippen molar-refractivity contribution in [2.45, 2.75) is 70.7 Å². The van der Waals surface area contributed by atoms with Gasteiger partial charge in [-0.1, -0.05) is 6.42 Å². The van der Waals surface area contributed by atoms with E-state index in [0.29, 0.717) is 18.8 Å². The number of ketones is 1. The lowest BCUT2D eigenvalue weighted by molar-refractivity contribution is -0.185. The zero-order chi connectivity index (χ0) is 14.4. The molecule has 1 spiro atoms. The van der Waals surface area contributed by atoms with Crippen LogP contribution in [0.5, 0.6) is 0 Å². The predicted molar refractivity (Wildman–Crippen MR) is 73.8 cm³/mol. The minimum Gasteiger partial charge on any atom is -0.452 e. The van der Waals surface area contributed by atoms with Crippen molar-refractivity contribution in [2.24, 2.45) is 5.92 Å². The number of ether oxygens (including phenoxy) is 3. The van der Waals surface area contributed by atoms with Crippen molar-refractivity contribution in [2.75, 3.05) is 6.61 Å². The van der Waals surface area contributed by atoms with E-state index in [4.69, 9.17) is 14.2 Å². The molecule has 0 aromatic rings. The second-order valence-corrected chi connectivity index (χ2v) is 7.12. The highest BCUT2D eigenvalue weighted by molar-refractivity contribution is 5.97. The van der Waals surface area contributed by atoms with Crippen molar-refractivity contribution in [3.63, 3.8) is 0 Å². The molecule has 112 valence electrons. The molecule has 1 fully saturated rings. The Bertz CT molecular complexity index is 438. The van der Waals surface area contributed by atoms with Crippen LogP contribution in [0.3, 0.4) is 0 Å². The van der Waals surface area contributed by atoms with Gasteiger partial charge in [0.05, 0.1) is 18.1 Å². The summed E-state index contributed by atoms with van der Waals surface area (Å²) in [5, 5.41) is 0. The molecule has 0 aromatic carbocycles. The lowest BCUT2D eigenvalue weighted by Gasteiger charge is -2.34. The molecule has 1 saturated carbocycles. The predicted octanol–water partition coefficient (Wildman–Crippen LogP) is 3.31. The average Bonchev–Trinajstić information content (AvgIpc) is 2.85. The Morgan fingerprint density at radius 2 is 1.90 bits per heavy atom. The van der Waals surface area contributed by atoms with Crippen LogP contribution in [0, 0.1) is 5.92 Å². The molecule has 0 radical (unpaired) electrons. The van der Waals surface area contributed by atoms with E-state index >= 15 is 0 Å². The fourth-order valence-electron chi connectivity index (χ4n) is 3.16. The Morgan fingerprint density at radius 3 is 2.55 bits per heavy atom. The van der Waals surface area contributed by atoms with Crippen LogP contribution in [0.25, 0.3) is 0 Å². The maximum absolute atomic E-state index is 12.1. The monoisotopic (exact) mass is 280 g/mol. The summed E-state index contributed by atoms with van der Waals surface area (Å²) in [7, 11) is 0. The molecule has 0 N–H and O–H groups in total. The highest BCUT2D eigenvalue weighted by atomic mass is 16.7. The van der Waals surface area contributed by atoms with Gasteiger partial charge in [-0.15, -0.1) is 0 Å². The molecule has 4 heteroatoms. The largest absolute Gasteiger partial charge is 0.452 e. The number of carbonyl (C=O) groups is 1. The van der Waals surface area contributed by atoms with E-state index in [9.17, 15) is 4.79 Å². The first-order chi connectivity index (χ1) is 9.39. The van der Waals surface area contributed by atoms with Crippen molar-refractivity contribution in [3.05, 3.63) is 11.5 Å². The molecule has 3 aliphatic rings. The molecule has 1 aliphatic heterocycles. The molecule has 20 heavy (non-hydrogen) atoms. The number of hydrogen-bond donors (Lipinski definition) is 0. The lowest BCUT2D eigenvalue weighted by Crippen LogP contribution is -2.35. The number of hydrogen-bond acceptors (Lipinski definition) is 4. The van der Waals surface area contributed by atoms with Crippen molar-refractivity contribution < 1.29 is 19.0 Å². The first-order valence-corrected chi connectivity index (χ1v) is 7.68. The molecule has 1 unspecified atom stereocenters. The van der Waals surface area contributed by atoms with Gasteiger partial charge in [0.15, 0.2) is 5.76 Å². The number of carbonyl (C=O) groups excluding carboxylic acids is 1. The summed E-state index contributed by atoms with van der Waals surface area (Å²) in [6.45, 7) is 6.59. The molecule has 1 atom stereocenters. The van der Waals surface area contributed by atoms with Gasteiger partial charge < -0.3 is 14.2 Å². The van der Waals surface area contributed by atoms with E-state index in [2.05, 4.69) is 0 Å². The summed E-state index contributed by atoms with van der Waals surface area (Å²) in [5.41, 5.74) is -0.200. The third-order valence-electron chi connectivity index (χ3n) is 4.20. The zero-order valence-corrected chi connectivity index (χ0v) is 12.7. The maximum Gasteiger partial charge on any atom is 0.251 e. The quantitative estimate of drug-likeness (QED) is 0.778. The van der Waals surface area contributed by atoms with Gasteiger partial charge in [0.2, 0.25) is 11.5 Å². The fraction of sp³-hybridized carbons (Fsp3) is 0.812. The van der Waals surface area contributed by atoms with Crippen molar-refractivity contribution in [1.29, 1.82) is 0 Å². The summed E-state index contributed by atoms with van der Waals surface area (Å²) in [6.07, 6.45) is 5.68. The first kappa shape index (κ1) is 13.9. The standard InChI is InChI=1S/C16H24O4/c1-15(2,3)18-10-11-9-12(17)14-13(11)19-16(20-14)7-5-4-6-8-16/h11H,4-10H2,1-3H3.